The van der Waals surface area contributed by atoms with E-state index in [-0.39, 0.29) is 0 Å². The summed E-state index contributed by atoms with van der Waals surface area (Å²) in [6.45, 7) is 4.13. The van der Waals surface area contributed by atoms with Crippen molar-refractivity contribution in [3.8, 4) is 16.9 Å². The molecule has 0 bridgehead atoms. The van der Waals surface area contributed by atoms with Crippen LogP contribution in [0.15, 0.2) is 60.7 Å². The summed E-state index contributed by atoms with van der Waals surface area (Å²) >= 11 is 0. The zero-order valence-electron chi connectivity index (χ0n) is 15.7. The minimum atomic E-state index is 0.829. The highest BCUT2D eigenvalue weighted by molar-refractivity contribution is 5.81. The van der Waals surface area contributed by atoms with Crippen LogP contribution in [0, 0.1) is 6.92 Å². The van der Waals surface area contributed by atoms with Crippen molar-refractivity contribution >= 4 is 17.2 Å². The van der Waals surface area contributed by atoms with E-state index in [2.05, 4.69) is 24.4 Å². The Bertz CT molecular complexity index is 1070. The Morgan fingerprint density at radius 3 is 2.44 bits per heavy atom. The van der Waals surface area contributed by atoms with Crippen molar-refractivity contribution in [1.82, 2.24) is 14.6 Å². The first-order valence-corrected chi connectivity index (χ1v) is 9.05. The lowest BCUT2D eigenvalue weighted by Gasteiger charge is -2.10. The maximum absolute atomic E-state index is 5.24. The summed E-state index contributed by atoms with van der Waals surface area (Å²) in [5.74, 6) is 1.72. The van der Waals surface area contributed by atoms with Gasteiger partial charge in [-0.1, -0.05) is 37.3 Å². The van der Waals surface area contributed by atoms with Gasteiger partial charge in [0.1, 0.15) is 11.6 Å². The molecule has 0 aliphatic heterocycles. The number of aryl methyl sites for hydroxylation is 2. The Morgan fingerprint density at radius 2 is 1.78 bits per heavy atom. The van der Waals surface area contributed by atoms with Gasteiger partial charge in [0.2, 0.25) is 0 Å². The molecule has 1 N–H and O–H groups in total. The van der Waals surface area contributed by atoms with E-state index in [4.69, 9.17) is 14.8 Å². The van der Waals surface area contributed by atoms with Crippen molar-refractivity contribution in [2.24, 2.45) is 0 Å². The molecule has 0 radical (unpaired) electrons. The fourth-order valence-corrected chi connectivity index (χ4v) is 3.24. The second kappa shape index (κ2) is 7.11. The zero-order chi connectivity index (χ0) is 18.8. The number of anilines is 2. The first-order chi connectivity index (χ1) is 13.2. The molecule has 4 rings (SSSR count). The van der Waals surface area contributed by atoms with Gasteiger partial charge in [0.15, 0.2) is 5.65 Å². The van der Waals surface area contributed by atoms with Crippen molar-refractivity contribution in [1.29, 1.82) is 0 Å². The van der Waals surface area contributed by atoms with Gasteiger partial charge in [0.25, 0.3) is 0 Å². The third kappa shape index (κ3) is 3.24. The average molecular weight is 358 g/mol. The van der Waals surface area contributed by atoms with E-state index in [9.17, 15) is 0 Å². The lowest BCUT2D eigenvalue weighted by atomic mass is 10.0. The Hall–Kier alpha value is -3.34. The first-order valence-electron chi connectivity index (χ1n) is 9.05. The molecule has 136 valence electrons. The highest BCUT2D eigenvalue weighted by Gasteiger charge is 2.17. The van der Waals surface area contributed by atoms with Gasteiger partial charge in [0, 0.05) is 23.0 Å². The van der Waals surface area contributed by atoms with Crippen molar-refractivity contribution in [3.05, 3.63) is 72.1 Å². The standard InChI is InChI=1S/C22H22N4O/c1-4-19-21(16-8-6-5-7-9-16)22-23-15(2)14-20(26(22)25-19)24-17-10-12-18(27-3)13-11-17/h5-14,24H,4H2,1-3H3. The maximum atomic E-state index is 5.24. The lowest BCUT2D eigenvalue weighted by Crippen LogP contribution is -2.02. The minimum Gasteiger partial charge on any atom is -0.497 e. The molecule has 0 aliphatic rings. The van der Waals surface area contributed by atoms with Crippen molar-refractivity contribution in [2.75, 3.05) is 12.4 Å². The largest absolute Gasteiger partial charge is 0.497 e. The summed E-state index contributed by atoms with van der Waals surface area (Å²) in [4.78, 5) is 4.79. The highest BCUT2D eigenvalue weighted by atomic mass is 16.5. The predicted molar refractivity (Wildman–Crippen MR) is 109 cm³/mol. The molecule has 0 saturated carbocycles. The van der Waals surface area contributed by atoms with Crippen LogP contribution in [0.1, 0.15) is 18.3 Å². The Kier molecular flexibility index (Phi) is 4.50. The third-order valence-corrected chi connectivity index (χ3v) is 4.55. The van der Waals surface area contributed by atoms with Gasteiger partial charge in [-0.3, -0.25) is 0 Å². The summed E-state index contributed by atoms with van der Waals surface area (Å²) in [6, 6.07) is 20.2. The van der Waals surface area contributed by atoms with E-state index in [1.54, 1.807) is 7.11 Å². The Labute approximate surface area is 158 Å². The van der Waals surface area contributed by atoms with Crippen molar-refractivity contribution in [2.45, 2.75) is 20.3 Å². The van der Waals surface area contributed by atoms with Gasteiger partial charge in [-0.25, -0.2) is 4.98 Å². The topological polar surface area (TPSA) is 51.5 Å². The van der Waals surface area contributed by atoms with Gasteiger partial charge >= 0.3 is 0 Å². The van der Waals surface area contributed by atoms with Gasteiger partial charge in [-0.05, 0) is 43.2 Å². The molecule has 0 atom stereocenters. The van der Waals surface area contributed by atoms with Crippen LogP contribution in [0.4, 0.5) is 11.5 Å². The number of hydrogen-bond donors (Lipinski definition) is 1. The van der Waals surface area contributed by atoms with Crippen LogP contribution >= 0.6 is 0 Å². The first kappa shape index (κ1) is 17.1. The van der Waals surface area contributed by atoms with Gasteiger partial charge < -0.3 is 10.1 Å². The van der Waals surface area contributed by atoms with Crippen LogP contribution in [0.25, 0.3) is 16.8 Å². The van der Waals surface area contributed by atoms with Crippen molar-refractivity contribution in [3.63, 3.8) is 0 Å². The smallest absolute Gasteiger partial charge is 0.165 e. The van der Waals surface area contributed by atoms with E-state index in [0.29, 0.717) is 0 Å². The number of fused-ring (bicyclic) bond motifs is 1. The molecule has 0 amide bonds. The summed E-state index contributed by atoms with van der Waals surface area (Å²) in [5, 5.41) is 8.31. The van der Waals surface area contributed by atoms with Gasteiger partial charge in [0.05, 0.1) is 12.8 Å². The predicted octanol–water partition coefficient (Wildman–Crippen LogP) is 5.02. The molecule has 2 aromatic carbocycles. The number of benzene rings is 2. The molecular weight excluding hydrogens is 336 g/mol. The number of nitrogens with one attached hydrogen (secondary N) is 1. The molecule has 0 unspecified atom stereocenters. The number of hydrogen-bond acceptors (Lipinski definition) is 4. The van der Waals surface area contributed by atoms with Gasteiger partial charge in [-0.15, -0.1) is 0 Å². The van der Waals surface area contributed by atoms with Crippen molar-refractivity contribution < 1.29 is 4.74 Å². The second-order valence-electron chi connectivity index (χ2n) is 6.41. The Balaban J connectivity index is 1.85. The fraction of sp³-hybridized carbons (Fsp3) is 0.182. The summed E-state index contributed by atoms with van der Waals surface area (Å²) in [5.41, 5.74) is 6.05. The molecule has 0 fully saturated rings. The van der Waals surface area contributed by atoms with Crippen LogP contribution in [0.2, 0.25) is 0 Å². The van der Waals surface area contributed by atoms with E-state index in [0.717, 1.165) is 51.8 Å². The van der Waals surface area contributed by atoms with Crippen LogP contribution in [0.3, 0.4) is 0 Å². The number of methoxy groups -OCH3 is 1. The van der Waals surface area contributed by atoms with E-state index >= 15 is 0 Å². The summed E-state index contributed by atoms with van der Waals surface area (Å²) in [6.07, 6.45) is 0.842. The number of aromatic nitrogens is 3. The molecule has 2 aromatic heterocycles. The lowest BCUT2D eigenvalue weighted by molar-refractivity contribution is 0.415. The Morgan fingerprint density at radius 1 is 1.04 bits per heavy atom. The normalized spacial score (nSPS) is 10.9. The molecule has 0 saturated heterocycles. The molecule has 5 nitrogen and oxygen atoms in total. The highest BCUT2D eigenvalue weighted by Crippen LogP contribution is 2.30. The van der Waals surface area contributed by atoms with Crippen LogP contribution < -0.4 is 10.1 Å². The van der Waals surface area contributed by atoms with Crippen LogP contribution in [0.5, 0.6) is 5.75 Å². The fourth-order valence-electron chi connectivity index (χ4n) is 3.24. The SMILES string of the molecule is CCc1nn2c(Nc3ccc(OC)cc3)cc(C)nc2c1-c1ccccc1. The molecular formula is C22H22N4O. The maximum Gasteiger partial charge on any atom is 0.165 e. The van der Waals surface area contributed by atoms with E-state index in [1.165, 1.54) is 0 Å². The molecule has 2 heterocycles. The molecule has 0 spiro atoms. The van der Waals surface area contributed by atoms with E-state index in [1.807, 2.05) is 60.0 Å². The van der Waals surface area contributed by atoms with Crippen LogP contribution in [-0.2, 0) is 6.42 Å². The third-order valence-electron chi connectivity index (χ3n) is 4.55. The second-order valence-corrected chi connectivity index (χ2v) is 6.41. The zero-order valence-corrected chi connectivity index (χ0v) is 15.7. The number of nitrogens with zero attached hydrogens (tertiary/aromatic N) is 3. The summed E-state index contributed by atoms with van der Waals surface area (Å²) in [7, 11) is 1.67. The van der Waals surface area contributed by atoms with Crippen LogP contribution in [-0.4, -0.2) is 21.7 Å². The van der Waals surface area contributed by atoms with Gasteiger partial charge in [-0.2, -0.15) is 9.61 Å². The molecule has 5 heteroatoms. The molecule has 0 aliphatic carbocycles. The molecule has 27 heavy (non-hydrogen) atoms. The number of rotatable bonds is 5. The summed E-state index contributed by atoms with van der Waals surface area (Å²) < 4.78 is 7.14. The minimum absolute atomic E-state index is 0.829. The molecule has 4 aromatic rings. The monoisotopic (exact) mass is 358 g/mol. The van der Waals surface area contributed by atoms with E-state index < -0.39 is 0 Å². The quantitative estimate of drug-likeness (QED) is 0.544. The number of ether oxygens (including phenoxy) is 1. The average Bonchev–Trinajstić information content (AvgIpc) is 3.08.